The zero-order valence-electron chi connectivity index (χ0n) is 10.7. The molecule has 1 saturated heterocycles. The summed E-state index contributed by atoms with van der Waals surface area (Å²) in [6, 6.07) is 1.55. The van der Waals surface area contributed by atoms with E-state index in [9.17, 15) is 18.4 Å². The lowest BCUT2D eigenvalue weighted by Crippen LogP contribution is -2.44. The number of hydrogen-bond acceptors (Lipinski definition) is 3. The maximum absolute atomic E-state index is 13.7. The number of carbonyl (C=O) groups is 2. The van der Waals surface area contributed by atoms with Crippen molar-refractivity contribution in [3.8, 4) is 0 Å². The molecule has 2 amide bonds. The summed E-state index contributed by atoms with van der Waals surface area (Å²) in [7, 11) is 0. The minimum absolute atomic E-state index is 0.144. The first-order chi connectivity index (χ1) is 9.40. The molecule has 1 unspecified atom stereocenters. The second kappa shape index (κ2) is 5.44. The van der Waals surface area contributed by atoms with Crippen LogP contribution in [0.15, 0.2) is 12.1 Å². The normalized spacial score (nSPS) is 18.9. The number of nitrogens with two attached hydrogens (primary N) is 2. The molecule has 7 heteroatoms. The summed E-state index contributed by atoms with van der Waals surface area (Å²) in [6.45, 7) is 0.546. The zero-order valence-corrected chi connectivity index (χ0v) is 10.7. The lowest BCUT2D eigenvalue weighted by molar-refractivity contribution is -0.123. The molecule has 1 aromatic rings. The van der Waals surface area contributed by atoms with Crippen LogP contribution in [-0.4, -0.2) is 29.8 Å². The molecule has 0 radical (unpaired) electrons. The average molecular weight is 283 g/mol. The van der Waals surface area contributed by atoms with E-state index < -0.39 is 29.4 Å². The highest BCUT2D eigenvalue weighted by Gasteiger charge is 2.29. The number of primary amides is 1. The lowest BCUT2D eigenvalue weighted by atomic mass is 9.97. The summed E-state index contributed by atoms with van der Waals surface area (Å²) >= 11 is 0. The van der Waals surface area contributed by atoms with Gasteiger partial charge in [0, 0.05) is 19.2 Å². The van der Waals surface area contributed by atoms with Crippen molar-refractivity contribution in [2.24, 2.45) is 11.7 Å². The number of amides is 2. The first-order valence-electron chi connectivity index (χ1n) is 6.23. The third kappa shape index (κ3) is 2.71. The standard InChI is InChI=1S/C13H15F2N3O2/c14-9-5-10(15)11(16)4-8(9)13(20)18-3-1-2-7(6-18)12(17)19/h4-5,7H,1-3,6,16H2,(H2,17,19). The molecule has 1 heterocycles. The number of nitrogen functional groups attached to an aromatic ring is 1. The molecule has 1 aliphatic rings. The van der Waals surface area contributed by atoms with Crippen LogP contribution in [0.25, 0.3) is 0 Å². The zero-order chi connectivity index (χ0) is 14.9. The predicted molar refractivity (Wildman–Crippen MR) is 68.6 cm³/mol. The predicted octanol–water partition coefficient (Wildman–Crippen LogP) is 0.884. The van der Waals surface area contributed by atoms with Crippen molar-refractivity contribution in [3.05, 3.63) is 29.3 Å². The second-order valence-electron chi connectivity index (χ2n) is 4.85. The van der Waals surface area contributed by atoms with Gasteiger partial charge in [-0.1, -0.05) is 0 Å². The van der Waals surface area contributed by atoms with Crippen LogP contribution in [-0.2, 0) is 4.79 Å². The van der Waals surface area contributed by atoms with Gasteiger partial charge in [-0.15, -0.1) is 0 Å². The number of rotatable bonds is 2. The number of nitrogens with zero attached hydrogens (tertiary/aromatic N) is 1. The average Bonchev–Trinajstić information content (AvgIpc) is 2.42. The summed E-state index contributed by atoms with van der Waals surface area (Å²) in [5, 5.41) is 0. The van der Waals surface area contributed by atoms with Crippen LogP contribution < -0.4 is 11.5 Å². The fourth-order valence-corrected chi connectivity index (χ4v) is 2.29. The van der Waals surface area contributed by atoms with Crippen molar-refractivity contribution in [2.45, 2.75) is 12.8 Å². The summed E-state index contributed by atoms with van der Waals surface area (Å²) in [6.07, 6.45) is 1.21. The highest BCUT2D eigenvalue weighted by Crippen LogP contribution is 2.22. The topological polar surface area (TPSA) is 89.4 Å². The SMILES string of the molecule is NC(=O)C1CCCN(C(=O)c2cc(N)c(F)cc2F)C1. The van der Waals surface area contributed by atoms with Crippen molar-refractivity contribution in [1.29, 1.82) is 0 Å². The van der Waals surface area contributed by atoms with Gasteiger partial charge in [-0.2, -0.15) is 0 Å². The summed E-state index contributed by atoms with van der Waals surface area (Å²) in [5.41, 5.74) is 9.98. The van der Waals surface area contributed by atoms with Gasteiger partial charge in [-0.3, -0.25) is 9.59 Å². The fourth-order valence-electron chi connectivity index (χ4n) is 2.29. The Morgan fingerprint density at radius 2 is 1.95 bits per heavy atom. The Morgan fingerprint density at radius 3 is 2.60 bits per heavy atom. The summed E-state index contributed by atoms with van der Waals surface area (Å²) < 4.78 is 26.7. The van der Waals surface area contributed by atoms with Gasteiger partial charge in [0.05, 0.1) is 17.2 Å². The Labute approximate surface area is 114 Å². The van der Waals surface area contributed by atoms with E-state index in [1.807, 2.05) is 0 Å². The molecular formula is C13H15F2N3O2. The Hall–Kier alpha value is -2.18. The van der Waals surface area contributed by atoms with E-state index in [4.69, 9.17) is 11.5 Å². The first-order valence-corrected chi connectivity index (χ1v) is 6.23. The van der Waals surface area contributed by atoms with Crippen LogP contribution in [0.5, 0.6) is 0 Å². The van der Waals surface area contributed by atoms with Crippen LogP contribution in [0, 0.1) is 17.6 Å². The van der Waals surface area contributed by atoms with E-state index in [1.165, 1.54) is 4.90 Å². The third-order valence-electron chi connectivity index (χ3n) is 3.43. The van der Waals surface area contributed by atoms with Crippen molar-refractivity contribution >= 4 is 17.5 Å². The number of likely N-dealkylation sites (tertiary alicyclic amines) is 1. The van der Waals surface area contributed by atoms with Gasteiger partial charge >= 0.3 is 0 Å². The number of piperidine rings is 1. The molecule has 4 N–H and O–H groups in total. The molecule has 0 aliphatic carbocycles. The van der Waals surface area contributed by atoms with Crippen LogP contribution in [0.2, 0.25) is 0 Å². The van der Waals surface area contributed by atoms with Crippen molar-refractivity contribution in [2.75, 3.05) is 18.8 Å². The second-order valence-corrected chi connectivity index (χ2v) is 4.85. The van der Waals surface area contributed by atoms with E-state index >= 15 is 0 Å². The molecular weight excluding hydrogens is 268 g/mol. The molecule has 0 saturated carbocycles. The fraction of sp³-hybridized carbons (Fsp3) is 0.385. The molecule has 0 aromatic heterocycles. The molecule has 1 fully saturated rings. The van der Waals surface area contributed by atoms with Crippen LogP contribution >= 0.6 is 0 Å². The third-order valence-corrected chi connectivity index (χ3v) is 3.43. The number of carbonyl (C=O) groups excluding carboxylic acids is 2. The Kier molecular flexibility index (Phi) is 3.87. The maximum Gasteiger partial charge on any atom is 0.256 e. The molecule has 1 aliphatic heterocycles. The van der Waals surface area contributed by atoms with E-state index in [0.717, 1.165) is 6.07 Å². The molecule has 108 valence electrons. The van der Waals surface area contributed by atoms with Crippen LogP contribution in [0.3, 0.4) is 0 Å². The van der Waals surface area contributed by atoms with E-state index in [-0.39, 0.29) is 17.8 Å². The van der Waals surface area contributed by atoms with Crippen molar-refractivity contribution < 1.29 is 18.4 Å². The minimum atomic E-state index is -0.970. The quantitative estimate of drug-likeness (QED) is 0.790. The molecule has 1 aromatic carbocycles. The van der Waals surface area contributed by atoms with E-state index in [1.54, 1.807) is 0 Å². The number of benzene rings is 1. The lowest BCUT2D eigenvalue weighted by Gasteiger charge is -2.31. The van der Waals surface area contributed by atoms with Gasteiger partial charge in [-0.05, 0) is 18.9 Å². The van der Waals surface area contributed by atoms with Gasteiger partial charge < -0.3 is 16.4 Å². The van der Waals surface area contributed by atoms with Crippen LogP contribution in [0.1, 0.15) is 23.2 Å². The number of anilines is 1. The number of halogens is 2. The Bertz CT molecular complexity index is 563. The highest BCUT2D eigenvalue weighted by atomic mass is 19.1. The van der Waals surface area contributed by atoms with Crippen molar-refractivity contribution in [1.82, 2.24) is 4.90 Å². The molecule has 2 rings (SSSR count). The molecule has 0 bridgehead atoms. The molecule has 1 atom stereocenters. The molecule has 5 nitrogen and oxygen atoms in total. The van der Waals surface area contributed by atoms with Crippen molar-refractivity contribution in [3.63, 3.8) is 0 Å². The Balaban J connectivity index is 2.23. The van der Waals surface area contributed by atoms with Gasteiger partial charge in [0.2, 0.25) is 5.91 Å². The van der Waals surface area contributed by atoms with Gasteiger partial charge in [0.1, 0.15) is 11.6 Å². The van der Waals surface area contributed by atoms with Gasteiger partial charge in [0.15, 0.2) is 0 Å². The number of hydrogen-bond donors (Lipinski definition) is 2. The molecule has 20 heavy (non-hydrogen) atoms. The van der Waals surface area contributed by atoms with Crippen LogP contribution in [0.4, 0.5) is 14.5 Å². The van der Waals surface area contributed by atoms with Gasteiger partial charge in [-0.25, -0.2) is 8.78 Å². The Morgan fingerprint density at radius 1 is 1.25 bits per heavy atom. The maximum atomic E-state index is 13.7. The summed E-state index contributed by atoms with van der Waals surface area (Å²) in [4.78, 5) is 24.7. The largest absolute Gasteiger partial charge is 0.396 e. The van der Waals surface area contributed by atoms with Gasteiger partial charge in [0.25, 0.3) is 5.91 Å². The molecule has 0 spiro atoms. The smallest absolute Gasteiger partial charge is 0.256 e. The minimum Gasteiger partial charge on any atom is -0.396 e. The van der Waals surface area contributed by atoms with E-state index in [2.05, 4.69) is 0 Å². The monoisotopic (exact) mass is 283 g/mol. The highest BCUT2D eigenvalue weighted by molar-refractivity contribution is 5.95. The first kappa shape index (κ1) is 14.2. The van der Waals surface area contributed by atoms with E-state index in [0.29, 0.717) is 25.5 Å². The summed E-state index contributed by atoms with van der Waals surface area (Å²) in [5.74, 6) is -3.41.